The van der Waals surface area contributed by atoms with Gasteiger partial charge in [0.2, 0.25) is 0 Å². The van der Waals surface area contributed by atoms with Crippen LogP contribution in [0.1, 0.15) is 10.4 Å². The van der Waals surface area contributed by atoms with Crippen molar-refractivity contribution >= 4 is 16.2 Å². The van der Waals surface area contributed by atoms with E-state index >= 15 is 0 Å². The van der Waals surface area contributed by atoms with Crippen molar-refractivity contribution in [2.24, 2.45) is 0 Å². The van der Waals surface area contributed by atoms with Gasteiger partial charge in [-0.3, -0.25) is 0 Å². The number of hydrogen-bond donors (Lipinski definition) is 1. The first-order chi connectivity index (χ1) is 8.91. The average Bonchev–Trinajstić information content (AvgIpc) is 2.37. The molecule has 4 nitrogen and oxygen atoms in total. The van der Waals surface area contributed by atoms with E-state index in [1.54, 1.807) is 18.2 Å². The van der Waals surface area contributed by atoms with Gasteiger partial charge in [-0.15, -0.1) is 3.89 Å². The molecule has 0 saturated carbocycles. The Hall–Kier alpha value is -2.21. The lowest BCUT2D eigenvalue weighted by Crippen LogP contribution is -2.04. The first-order valence-electron chi connectivity index (χ1n) is 5.27. The second kappa shape index (κ2) is 4.81. The molecule has 0 unspecified atom stereocenters. The molecule has 0 atom stereocenters. The van der Waals surface area contributed by atoms with Crippen LogP contribution in [-0.4, -0.2) is 19.5 Å². The van der Waals surface area contributed by atoms with Crippen molar-refractivity contribution in [2.75, 3.05) is 0 Å². The molecule has 0 radical (unpaired) electrons. The molecule has 2 rings (SSSR count). The second-order valence-corrected chi connectivity index (χ2v) is 5.10. The Balaban J connectivity index is 2.86. The third-order valence-corrected chi connectivity index (χ3v) is 3.45. The van der Waals surface area contributed by atoms with Gasteiger partial charge in [-0.05, 0) is 17.7 Å². The van der Waals surface area contributed by atoms with Crippen LogP contribution in [0.25, 0.3) is 11.1 Å². The molecule has 98 valence electrons. The number of carboxylic acids is 1. The number of halogens is 1. The summed E-state index contributed by atoms with van der Waals surface area (Å²) in [5, 5.41) is 9.10. The summed E-state index contributed by atoms with van der Waals surface area (Å²) in [5.41, 5.74) is -0.0697. The van der Waals surface area contributed by atoms with Crippen LogP contribution in [0.15, 0.2) is 53.4 Å². The summed E-state index contributed by atoms with van der Waals surface area (Å²) in [5.74, 6) is -1.32. The molecular weight excluding hydrogens is 271 g/mol. The summed E-state index contributed by atoms with van der Waals surface area (Å²) >= 11 is 0. The molecule has 0 bridgehead atoms. The number of carbonyl (C=O) groups is 1. The predicted octanol–water partition coefficient (Wildman–Crippen LogP) is 2.71. The lowest BCUT2D eigenvalue weighted by atomic mass is 10.00. The molecule has 0 saturated heterocycles. The van der Waals surface area contributed by atoms with Gasteiger partial charge in [-0.1, -0.05) is 36.4 Å². The Kier molecular flexibility index (Phi) is 3.35. The Morgan fingerprint density at radius 2 is 1.63 bits per heavy atom. The maximum absolute atomic E-state index is 13.3. The van der Waals surface area contributed by atoms with E-state index in [0.29, 0.717) is 5.56 Å². The van der Waals surface area contributed by atoms with E-state index in [2.05, 4.69) is 0 Å². The molecule has 2 aromatic rings. The van der Waals surface area contributed by atoms with E-state index in [9.17, 15) is 17.1 Å². The van der Waals surface area contributed by atoms with Gasteiger partial charge in [0.25, 0.3) is 0 Å². The van der Waals surface area contributed by atoms with Crippen molar-refractivity contribution < 1.29 is 22.2 Å². The fourth-order valence-electron chi connectivity index (χ4n) is 1.82. The quantitative estimate of drug-likeness (QED) is 0.877. The summed E-state index contributed by atoms with van der Waals surface area (Å²) in [7, 11) is -5.00. The number of aromatic carboxylic acids is 1. The molecule has 0 heterocycles. The zero-order valence-electron chi connectivity index (χ0n) is 9.58. The molecule has 0 spiro atoms. The van der Waals surface area contributed by atoms with E-state index in [4.69, 9.17) is 5.11 Å². The molecule has 2 aromatic carbocycles. The van der Waals surface area contributed by atoms with Crippen LogP contribution in [0.4, 0.5) is 3.89 Å². The van der Waals surface area contributed by atoms with Crippen LogP contribution in [-0.2, 0) is 10.2 Å². The van der Waals surface area contributed by atoms with Crippen LogP contribution in [0.2, 0.25) is 0 Å². The highest BCUT2D eigenvalue weighted by Gasteiger charge is 2.23. The van der Waals surface area contributed by atoms with Crippen LogP contribution in [0.3, 0.4) is 0 Å². The van der Waals surface area contributed by atoms with Crippen molar-refractivity contribution in [1.29, 1.82) is 0 Å². The van der Waals surface area contributed by atoms with Crippen LogP contribution >= 0.6 is 0 Å². The summed E-state index contributed by atoms with van der Waals surface area (Å²) in [4.78, 5) is 10.5. The lowest BCUT2D eigenvalue weighted by Gasteiger charge is -2.09. The largest absolute Gasteiger partial charge is 0.478 e. The van der Waals surface area contributed by atoms with Gasteiger partial charge in [-0.2, -0.15) is 8.42 Å². The monoisotopic (exact) mass is 280 g/mol. The van der Waals surface area contributed by atoms with E-state index in [0.717, 1.165) is 6.07 Å². The SMILES string of the molecule is O=C(O)c1cccc(S(=O)(=O)F)c1-c1ccccc1. The van der Waals surface area contributed by atoms with Crippen molar-refractivity contribution in [3.05, 3.63) is 54.1 Å². The molecule has 19 heavy (non-hydrogen) atoms. The predicted molar refractivity (Wildman–Crippen MR) is 67.1 cm³/mol. The first kappa shape index (κ1) is 13.2. The van der Waals surface area contributed by atoms with Gasteiger partial charge in [0.15, 0.2) is 0 Å². The molecule has 0 amide bonds. The third-order valence-electron chi connectivity index (χ3n) is 2.58. The van der Waals surface area contributed by atoms with Gasteiger partial charge in [0, 0.05) is 5.56 Å². The zero-order chi connectivity index (χ0) is 14.0. The van der Waals surface area contributed by atoms with E-state index in [1.165, 1.54) is 24.3 Å². The van der Waals surface area contributed by atoms with Crippen LogP contribution in [0.5, 0.6) is 0 Å². The fourth-order valence-corrected chi connectivity index (χ4v) is 2.53. The molecular formula is C13H9FO4S. The molecule has 0 aliphatic heterocycles. The van der Waals surface area contributed by atoms with Gasteiger partial charge in [-0.25, -0.2) is 4.79 Å². The first-order valence-corrected chi connectivity index (χ1v) is 6.66. The minimum atomic E-state index is -5.00. The van der Waals surface area contributed by atoms with Gasteiger partial charge in [0.05, 0.1) is 5.56 Å². The third kappa shape index (κ3) is 2.63. The second-order valence-electron chi connectivity index (χ2n) is 3.79. The number of hydrogen-bond acceptors (Lipinski definition) is 3. The van der Waals surface area contributed by atoms with Crippen LogP contribution < -0.4 is 0 Å². The molecule has 0 aromatic heterocycles. The smallest absolute Gasteiger partial charge is 0.336 e. The Morgan fingerprint density at radius 3 is 2.16 bits per heavy atom. The van der Waals surface area contributed by atoms with Crippen molar-refractivity contribution in [2.45, 2.75) is 4.90 Å². The molecule has 1 N–H and O–H groups in total. The number of carboxylic acid groups (broad SMARTS) is 1. The Bertz CT molecular complexity index is 724. The van der Waals surface area contributed by atoms with E-state index < -0.39 is 21.1 Å². The Labute approximate surface area is 109 Å². The van der Waals surface area contributed by atoms with Crippen molar-refractivity contribution in [3.8, 4) is 11.1 Å². The number of benzene rings is 2. The van der Waals surface area contributed by atoms with Gasteiger partial charge >= 0.3 is 16.2 Å². The summed E-state index contributed by atoms with van der Waals surface area (Å²) < 4.78 is 35.6. The minimum Gasteiger partial charge on any atom is -0.478 e. The van der Waals surface area contributed by atoms with E-state index in [-0.39, 0.29) is 11.1 Å². The summed E-state index contributed by atoms with van der Waals surface area (Å²) in [6.07, 6.45) is 0. The fraction of sp³-hybridized carbons (Fsp3) is 0. The highest BCUT2D eigenvalue weighted by Crippen LogP contribution is 2.31. The standard InChI is InChI=1S/C13H9FO4S/c14-19(17,18)11-8-4-7-10(13(15)16)12(11)9-5-2-1-3-6-9/h1-8H,(H,15,16). The minimum absolute atomic E-state index is 0.141. The highest BCUT2D eigenvalue weighted by molar-refractivity contribution is 7.86. The molecule has 0 aliphatic rings. The van der Waals surface area contributed by atoms with Crippen molar-refractivity contribution in [3.63, 3.8) is 0 Å². The average molecular weight is 280 g/mol. The van der Waals surface area contributed by atoms with Gasteiger partial charge in [0.1, 0.15) is 4.90 Å². The lowest BCUT2D eigenvalue weighted by molar-refractivity contribution is 0.0697. The summed E-state index contributed by atoms with van der Waals surface area (Å²) in [6.45, 7) is 0. The molecule has 0 aliphatic carbocycles. The van der Waals surface area contributed by atoms with Crippen LogP contribution in [0, 0.1) is 0 Å². The molecule has 6 heteroatoms. The van der Waals surface area contributed by atoms with Crippen molar-refractivity contribution in [1.82, 2.24) is 0 Å². The topological polar surface area (TPSA) is 71.4 Å². The maximum Gasteiger partial charge on any atom is 0.336 e. The number of rotatable bonds is 3. The normalized spacial score (nSPS) is 11.2. The molecule has 0 fully saturated rings. The summed E-state index contributed by atoms with van der Waals surface area (Å²) in [6, 6.07) is 11.4. The zero-order valence-corrected chi connectivity index (χ0v) is 10.4. The maximum atomic E-state index is 13.3. The van der Waals surface area contributed by atoms with Gasteiger partial charge < -0.3 is 5.11 Å². The Morgan fingerprint density at radius 1 is 1.00 bits per heavy atom. The van der Waals surface area contributed by atoms with E-state index in [1.807, 2.05) is 0 Å². The highest BCUT2D eigenvalue weighted by atomic mass is 32.3.